The standard InChI is InChI=1S/C18H22ClN3O.C2HF3O2/c1-2-16-20-17(23)18(21-16)8-7-13-10-22(11-15(13)18)9-12-3-5-14(19)6-4-12;3-2(4,5)1(6)7/h3-6,13,15H,2,7-11H2,1H3,(H,20,21,23);(H,6,7)/t13-,15+,18-;/m1./s1. The molecule has 1 saturated carbocycles. The number of carboxylic acid groups (broad SMARTS) is 1. The number of carbonyl (C=O) groups excluding carboxylic acids is 1. The Labute approximate surface area is 177 Å². The first-order valence-corrected chi connectivity index (χ1v) is 10.1. The van der Waals surface area contributed by atoms with Crippen LogP contribution in [-0.4, -0.2) is 52.5 Å². The first-order chi connectivity index (χ1) is 14.0. The lowest BCUT2D eigenvalue weighted by molar-refractivity contribution is -0.192. The van der Waals surface area contributed by atoms with Gasteiger partial charge < -0.3 is 10.4 Å². The summed E-state index contributed by atoms with van der Waals surface area (Å²) in [6, 6.07) is 8.05. The van der Waals surface area contributed by atoms with Crippen LogP contribution in [0, 0.1) is 11.8 Å². The maximum Gasteiger partial charge on any atom is 0.490 e. The number of nitrogens with zero attached hydrogens (tertiary/aromatic N) is 2. The van der Waals surface area contributed by atoms with Gasteiger partial charge in [-0.3, -0.25) is 14.7 Å². The molecule has 1 aromatic rings. The van der Waals surface area contributed by atoms with Gasteiger partial charge in [0.05, 0.1) is 0 Å². The van der Waals surface area contributed by atoms with Crippen LogP contribution in [0.4, 0.5) is 13.2 Å². The van der Waals surface area contributed by atoms with Gasteiger partial charge in [0, 0.05) is 37.0 Å². The van der Waals surface area contributed by atoms with Crippen LogP contribution < -0.4 is 5.32 Å². The molecule has 1 aliphatic carbocycles. The van der Waals surface area contributed by atoms with Crippen molar-refractivity contribution >= 4 is 29.3 Å². The number of halogens is 4. The summed E-state index contributed by atoms with van der Waals surface area (Å²) in [5.41, 5.74) is 0.794. The van der Waals surface area contributed by atoms with Gasteiger partial charge in [0.1, 0.15) is 11.4 Å². The molecule has 1 amide bonds. The predicted octanol–water partition coefficient (Wildman–Crippen LogP) is 3.49. The summed E-state index contributed by atoms with van der Waals surface area (Å²) in [4.78, 5) is 28.7. The average molecular weight is 446 g/mol. The zero-order chi connectivity index (χ0) is 22.1. The van der Waals surface area contributed by atoms with Gasteiger partial charge in [-0.25, -0.2) is 4.79 Å². The maximum absolute atomic E-state index is 12.6. The van der Waals surface area contributed by atoms with Gasteiger partial charge in [-0.1, -0.05) is 30.7 Å². The van der Waals surface area contributed by atoms with E-state index in [1.54, 1.807) is 0 Å². The highest BCUT2D eigenvalue weighted by atomic mass is 35.5. The van der Waals surface area contributed by atoms with Crippen molar-refractivity contribution < 1.29 is 27.9 Å². The van der Waals surface area contributed by atoms with Gasteiger partial charge in [-0.2, -0.15) is 13.2 Å². The van der Waals surface area contributed by atoms with Crippen LogP contribution in [0.5, 0.6) is 0 Å². The maximum atomic E-state index is 12.6. The SMILES string of the molecule is CCC1=N[C@@]2(CC[C@@H]3CN(Cc4ccc(Cl)cc4)C[C@@H]32)C(=O)N1.O=C(O)C(F)(F)F. The molecule has 0 radical (unpaired) electrons. The molecule has 1 aromatic carbocycles. The normalized spacial score (nSPS) is 28.0. The number of benzene rings is 1. The van der Waals surface area contributed by atoms with Gasteiger partial charge in [0.25, 0.3) is 5.91 Å². The van der Waals surface area contributed by atoms with Crippen molar-refractivity contribution in [2.24, 2.45) is 16.8 Å². The number of hydrogen-bond acceptors (Lipinski definition) is 4. The topological polar surface area (TPSA) is 82.0 Å². The zero-order valence-corrected chi connectivity index (χ0v) is 17.1. The molecule has 0 unspecified atom stereocenters. The van der Waals surface area contributed by atoms with Crippen molar-refractivity contribution in [3.63, 3.8) is 0 Å². The minimum atomic E-state index is -5.08. The van der Waals surface area contributed by atoms with E-state index in [4.69, 9.17) is 26.5 Å². The molecule has 1 spiro atoms. The van der Waals surface area contributed by atoms with Crippen molar-refractivity contribution in [1.82, 2.24) is 10.2 Å². The van der Waals surface area contributed by atoms with Crippen LogP contribution in [0.15, 0.2) is 29.3 Å². The van der Waals surface area contributed by atoms with E-state index in [0.717, 1.165) is 49.8 Å². The van der Waals surface area contributed by atoms with Gasteiger partial charge in [-0.15, -0.1) is 0 Å². The second-order valence-electron chi connectivity index (χ2n) is 7.82. The van der Waals surface area contributed by atoms with Crippen LogP contribution in [0.1, 0.15) is 31.7 Å². The number of nitrogens with one attached hydrogen (secondary N) is 1. The molecule has 0 aromatic heterocycles. The Hall–Kier alpha value is -2.13. The Morgan fingerprint density at radius 2 is 1.97 bits per heavy atom. The number of amidine groups is 1. The molecular formula is C20H23ClF3N3O3. The van der Waals surface area contributed by atoms with E-state index in [0.29, 0.717) is 11.8 Å². The van der Waals surface area contributed by atoms with Crippen molar-refractivity contribution in [3.8, 4) is 0 Å². The van der Waals surface area contributed by atoms with Crippen LogP contribution in [0.2, 0.25) is 5.02 Å². The average Bonchev–Trinajstić information content (AvgIpc) is 3.32. The number of alkyl halides is 3. The summed E-state index contributed by atoms with van der Waals surface area (Å²) in [6.07, 6.45) is -2.26. The monoisotopic (exact) mass is 445 g/mol. The molecule has 3 aliphatic rings. The molecular weight excluding hydrogens is 423 g/mol. The molecule has 3 atom stereocenters. The lowest BCUT2D eigenvalue weighted by atomic mass is 9.85. The molecule has 2 heterocycles. The third-order valence-electron chi connectivity index (χ3n) is 5.91. The highest BCUT2D eigenvalue weighted by Gasteiger charge is 2.58. The number of amides is 1. The minimum absolute atomic E-state index is 0.134. The van der Waals surface area contributed by atoms with Crippen molar-refractivity contribution in [2.45, 2.75) is 44.4 Å². The van der Waals surface area contributed by atoms with Crippen LogP contribution in [-0.2, 0) is 16.1 Å². The van der Waals surface area contributed by atoms with E-state index >= 15 is 0 Å². The van der Waals surface area contributed by atoms with Crippen LogP contribution in [0.25, 0.3) is 0 Å². The molecule has 164 valence electrons. The lowest BCUT2D eigenvalue weighted by Crippen LogP contribution is -2.44. The summed E-state index contributed by atoms with van der Waals surface area (Å²) in [5, 5.41) is 10.9. The fourth-order valence-corrected chi connectivity index (χ4v) is 4.64. The zero-order valence-electron chi connectivity index (χ0n) is 16.4. The Morgan fingerprint density at radius 1 is 1.33 bits per heavy atom. The van der Waals surface area contributed by atoms with E-state index in [2.05, 4.69) is 22.3 Å². The van der Waals surface area contributed by atoms with E-state index in [1.165, 1.54) is 5.56 Å². The third kappa shape index (κ3) is 4.62. The predicted molar refractivity (Wildman–Crippen MR) is 105 cm³/mol. The van der Waals surface area contributed by atoms with E-state index < -0.39 is 17.7 Å². The number of aliphatic imine (C=N–C) groups is 1. The molecule has 0 bridgehead atoms. The van der Waals surface area contributed by atoms with E-state index in [-0.39, 0.29) is 5.91 Å². The highest BCUT2D eigenvalue weighted by Crippen LogP contribution is 2.49. The smallest absolute Gasteiger partial charge is 0.475 e. The quantitative estimate of drug-likeness (QED) is 0.746. The Bertz CT molecular complexity index is 844. The highest BCUT2D eigenvalue weighted by molar-refractivity contribution is 6.30. The van der Waals surface area contributed by atoms with Crippen molar-refractivity contribution in [3.05, 3.63) is 34.9 Å². The lowest BCUT2D eigenvalue weighted by Gasteiger charge is -2.25. The number of carbonyl (C=O) groups is 2. The summed E-state index contributed by atoms with van der Waals surface area (Å²) < 4.78 is 31.7. The fraction of sp³-hybridized carbons (Fsp3) is 0.550. The van der Waals surface area contributed by atoms with Gasteiger partial charge in [0.15, 0.2) is 0 Å². The molecule has 6 nitrogen and oxygen atoms in total. The molecule has 10 heteroatoms. The molecule has 2 fully saturated rings. The largest absolute Gasteiger partial charge is 0.490 e. The van der Waals surface area contributed by atoms with Crippen molar-refractivity contribution in [1.29, 1.82) is 0 Å². The Morgan fingerprint density at radius 3 is 2.50 bits per heavy atom. The second kappa shape index (κ2) is 8.55. The second-order valence-corrected chi connectivity index (χ2v) is 8.26. The summed E-state index contributed by atoms with van der Waals surface area (Å²) in [7, 11) is 0. The number of hydrogen-bond donors (Lipinski definition) is 2. The number of aliphatic carboxylic acids is 1. The molecule has 2 N–H and O–H groups in total. The first-order valence-electron chi connectivity index (χ1n) is 9.72. The summed E-state index contributed by atoms with van der Waals surface area (Å²) >= 11 is 5.96. The summed E-state index contributed by atoms with van der Waals surface area (Å²) in [6.45, 7) is 5.00. The van der Waals surface area contributed by atoms with E-state index in [1.807, 2.05) is 19.1 Å². The number of fused-ring (bicyclic) bond motifs is 2. The Kier molecular flexibility index (Phi) is 6.43. The number of likely N-dealkylation sites (tertiary alicyclic amines) is 1. The molecule has 2 aliphatic heterocycles. The molecule has 4 rings (SSSR count). The van der Waals surface area contributed by atoms with Crippen LogP contribution in [0.3, 0.4) is 0 Å². The number of rotatable bonds is 3. The van der Waals surface area contributed by atoms with Gasteiger partial charge in [0.2, 0.25) is 0 Å². The Balaban J connectivity index is 0.000000318. The molecule has 1 saturated heterocycles. The van der Waals surface area contributed by atoms with E-state index in [9.17, 15) is 18.0 Å². The minimum Gasteiger partial charge on any atom is -0.475 e. The fourth-order valence-electron chi connectivity index (χ4n) is 4.51. The van der Waals surface area contributed by atoms with Gasteiger partial charge >= 0.3 is 12.1 Å². The van der Waals surface area contributed by atoms with Crippen molar-refractivity contribution in [2.75, 3.05) is 13.1 Å². The summed E-state index contributed by atoms with van der Waals surface area (Å²) in [5.74, 6) is -0.804. The third-order valence-corrected chi connectivity index (χ3v) is 6.16. The number of carboxylic acids is 1. The first kappa shape index (κ1) is 22.6. The van der Waals surface area contributed by atoms with Gasteiger partial charge in [-0.05, 0) is 36.5 Å². The molecule has 30 heavy (non-hydrogen) atoms. The van der Waals surface area contributed by atoms with Crippen LogP contribution >= 0.6 is 11.6 Å².